The van der Waals surface area contributed by atoms with Gasteiger partial charge in [0, 0.05) is 22.8 Å². The molecule has 1 atom stereocenters. The third kappa shape index (κ3) is 4.66. The van der Waals surface area contributed by atoms with E-state index in [0.717, 1.165) is 11.1 Å². The van der Waals surface area contributed by atoms with Gasteiger partial charge in [0.15, 0.2) is 0 Å². The second-order valence-corrected chi connectivity index (χ2v) is 8.40. The van der Waals surface area contributed by atoms with E-state index in [9.17, 15) is 14.0 Å². The molecule has 0 radical (unpaired) electrons. The zero-order valence-electron chi connectivity index (χ0n) is 15.8. The molecular weight excluding hydrogens is 423 g/mol. The van der Waals surface area contributed by atoms with Crippen LogP contribution in [0.15, 0.2) is 72.8 Å². The number of hydrogen-bond donors (Lipinski definition) is 1. The molecule has 0 saturated carbocycles. The van der Waals surface area contributed by atoms with Gasteiger partial charge in [-0.1, -0.05) is 35.9 Å². The standard InChI is InChI=1S/C23H18ClFN2O2S/c24-18-7-1-15(2-8-18)13-27-21(28)14-30-23(27)17-5-3-16(4-6-17)22(29)26-20-11-9-19(25)10-12-20/h1-12,23H,13-14H2,(H,26,29)/t23-/m1/s1. The zero-order valence-corrected chi connectivity index (χ0v) is 17.4. The number of nitrogens with zero attached hydrogens (tertiary/aromatic N) is 1. The van der Waals surface area contributed by atoms with Crippen molar-refractivity contribution >= 4 is 40.9 Å². The number of nitrogens with one attached hydrogen (secondary N) is 1. The Balaban J connectivity index is 1.46. The summed E-state index contributed by atoms with van der Waals surface area (Å²) in [4.78, 5) is 26.7. The molecule has 4 rings (SSSR count). The third-order valence-corrected chi connectivity index (χ3v) is 6.30. The molecule has 2 amide bonds. The van der Waals surface area contributed by atoms with Gasteiger partial charge in [-0.3, -0.25) is 9.59 Å². The van der Waals surface area contributed by atoms with Crippen LogP contribution < -0.4 is 5.32 Å². The molecule has 1 aliphatic rings. The van der Waals surface area contributed by atoms with Crippen LogP contribution in [-0.2, 0) is 11.3 Å². The Morgan fingerprint density at radius 3 is 2.37 bits per heavy atom. The van der Waals surface area contributed by atoms with E-state index in [1.54, 1.807) is 23.9 Å². The summed E-state index contributed by atoms with van der Waals surface area (Å²) in [5.74, 6) is -0.131. The number of carbonyl (C=O) groups is 2. The van der Waals surface area contributed by atoms with E-state index < -0.39 is 0 Å². The summed E-state index contributed by atoms with van der Waals surface area (Å²) in [6.45, 7) is 0.500. The van der Waals surface area contributed by atoms with Crippen LogP contribution in [0.5, 0.6) is 0 Å². The molecule has 1 fully saturated rings. The van der Waals surface area contributed by atoms with Crippen molar-refractivity contribution in [2.45, 2.75) is 11.9 Å². The molecule has 0 aliphatic carbocycles. The van der Waals surface area contributed by atoms with Gasteiger partial charge < -0.3 is 10.2 Å². The molecule has 4 nitrogen and oxygen atoms in total. The number of benzene rings is 3. The quantitative estimate of drug-likeness (QED) is 0.569. The van der Waals surface area contributed by atoms with Crippen LogP contribution in [0.3, 0.4) is 0 Å². The highest BCUT2D eigenvalue weighted by molar-refractivity contribution is 8.00. The van der Waals surface area contributed by atoms with Crippen molar-refractivity contribution in [3.63, 3.8) is 0 Å². The van der Waals surface area contributed by atoms with Crippen molar-refractivity contribution < 1.29 is 14.0 Å². The van der Waals surface area contributed by atoms with E-state index in [2.05, 4.69) is 5.32 Å². The van der Waals surface area contributed by atoms with E-state index in [0.29, 0.717) is 28.6 Å². The Kier molecular flexibility index (Phi) is 6.06. The number of carbonyl (C=O) groups excluding carboxylic acids is 2. The van der Waals surface area contributed by atoms with Gasteiger partial charge in [0.1, 0.15) is 11.2 Å². The molecule has 1 heterocycles. The van der Waals surface area contributed by atoms with Crippen molar-refractivity contribution in [2.75, 3.05) is 11.1 Å². The fourth-order valence-electron chi connectivity index (χ4n) is 3.22. The minimum atomic E-state index is -0.357. The third-order valence-electron chi connectivity index (χ3n) is 4.79. The van der Waals surface area contributed by atoms with Gasteiger partial charge in [-0.05, 0) is 59.7 Å². The molecule has 152 valence electrons. The molecule has 1 N–H and O–H groups in total. The van der Waals surface area contributed by atoms with Crippen molar-refractivity contribution in [2.24, 2.45) is 0 Å². The largest absolute Gasteiger partial charge is 0.322 e. The normalized spacial score (nSPS) is 16.0. The van der Waals surface area contributed by atoms with Crippen LogP contribution in [0.4, 0.5) is 10.1 Å². The first-order valence-electron chi connectivity index (χ1n) is 9.32. The highest BCUT2D eigenvalue weighted by Gasteiger charge is 2.32. The number of halogens is 2. The van der Waals surface area contributed by atoms with Crippen LogP contribution in [0.25, 0.3) is 0 Å². The maximum absolute atomic E-state index is 13.0. The summed E-state index contributed by atoms with van der Waals surface area (Å²) in [6, 6.07) is 20.3. The Morgan fingerprint density at radius 2 is 1.70 bits per heavy atom. The molecule has 0 spiro atoms. The molecule has 3 aromatic rings. The Morgan fingerprint density at radius 1 is 1.03 bits per heavy atom. The summed E-state index contributed by atoms with van der Waals surface area (Å²) in [6.07, 6.45) is 0. The molecule has 1 aliphatic heterocycles. The first-order chi connectivity index (χ1) is 14.5. The van der Waals surface area contributed by atoms with E-state index >= 15 is 0 Å². The number of hydrogen-bond acceptors (Lipinski definition) is 3. The minimum Gasteiger partial charge on any atom is -0.322 e. The average molecular weight is 441 g/mol. The topological polar surface area (TPSA) is 49.4 Å². The summed E-state index contributed by atoms with van der Waals surface area (Å²) in [7, 11) is 0. The van der Waals surface area contributed by atoms with Crippen LogP contribution in [-0.4, -0.2) is 22.5 Å². The van der Waals surface area contributed by atoms with Gasteiger partial charge in [0.05, 0.1) is 5.75 Å². The lowest BCUT2D eigenvalue weighted by Crippen LogP contribution is -2.27. The first-order valence-corrected chi connectivity index (χ1v) is 10.7. The predicted molar refractivity (Wildman–Crippen MR) is 118 cm³/mol. The number of anilines is 1. The molecule has 7 heteroatoms. The number of rotatable bonds is 5. The summed E-state index contributed by atoms with van der Waals surface area (Å²) >= 11 is 7.51. The number of thioether (sulfide) groups is 1. The summed E-state index contributed by atoms with van der Waals surface area (Å²) < 4.78 is 13.0. The monoisotopic (exact) mass is 440 g/mol. The van der Waals surface area contributed by atoms with Crippen LogP contribution in [0.2, 0.25) is 5.02 Å². The predicted octanol–water partition coefficient (Wildman–Crippen LogP) is 5.51. The second kappa shape index (κ2) is 8.90. The number of amides is 2. The van der Waals surface area contributed by atoms with Crippen molar-refractivity contribution in [1.29, 1.82) is 0 Å². The molecule has 1 saturated heterocycles. The van der Waals surface area contributed by atoms with E-state index in [1.165, 1.54) is 24.3 Å². The van der Waals surface area contributed by atoms with Gasteiger partial charge >= 0.3 is 0 Å². The Hall–Kier alpha value is -2.83. The van der Waals surface area contributed by atoms with Gasteiger partial charge in [-0.15, -0.1) is 11.8 Å². The van der Waals surface area contributed by atoms with E-state index in [1.807, 2.05) is 41.3 Å². The zero-order chi connectivity index (χ0) is 21.1. The lowest BCUT2D eigenvalue weighted by atomic mass is 10.1. The van der Waals surface area contributed by atoms with Crippen molar-refractivity contribution in [3.05, 3.63) is 100 Å². The van der Waals surface area contributed by atoms with Crippen LogP contribution >= 0.6 is 23.4 Å². The fourth-order valence-corrected chi connectivity index (χ4v) is 4.54. The van der Waals surface area contributed by atoms with Crippen LogP contribution in [0, 0.1) is 5.82 Å². The van der Waals surface area contributed by atoms with E-state index in [-0.39, 0.29) is 23.0 Å². The van der Waals surface area contributed by atoms with Crippen LogP contribution in [0.1, 0.15) is 26.9 Å². The molecule has 0 unspecified atom stereocenters. The first kappa shape index (κ1) is 20.4. The lowest BCUT2D eigenvalue weighted by molar-refractivity contribution is -0.128. The summed E-state index contributed by atoms with van der Waals surface area (Å²) in [5, 5.41) is 3.29. The van der Waals surface area contributed by atoms with Crippen molar-refractivity contribution in [1.82, 2.24) is 4.90 Å². The van der Waals surface area contributed by atoms with E-state index in [4.69, 9.17) is 11.6 Å². The Labute approximate surface area is 183 Å². The smallest absolute Gasteiger partial charge is 0.255 e. The SMILES string of the molecule is O=C(Nc1ccc(F)cc1)c1ccc([C@H]2SCC(=O)N2Cc2ccc(Cl)cc2)cc1. The molecule has 30 heavy (non-hydrogen) atoms. The highest BCUT2D eigenvalue weighted by Crippen LogP contribution is 2.39. The lowest BCUT2D eigenvalue weighted by Gasteiger charge is -2.24. The van der Waals surface area contributed by atoms with Gasteiger partial charge in [-0.2, -0.15) is 0 Å². The summed E-state index contributed by atoms with van der Waals surface area (Å²) in [5.41, 5.74) is 2.98. The fraction of sp³-hybridized carbons (Fsp3) is 0.130. The maximum atomic E-state index is 13.0. The van der Waals surface area contributed by atoms with Gasteiger partial charge in [-0.25, -0.2) is 4.39 Å². The molecule has 3 aromatic carbocycles. The Bertz CT molecular complexity index is 1060. The van der Waals surface area contributed by atoms with Gasteiger partial charge in [0.2, 0.25) is 5.91 Å². The van der Waals surface area contributed by atoms with Crippen molar-refractivity contribution in [3.8, 4) is 0 Å². The highest BCUT2D eigenvalue weighted by atomic mass is 35.5. The maximum Gasteiger partial charge on any atom is 0.255 e. The molecule has 0 aromatic heterocycles. The molecular formula is C23H18ClFN2O2S. The second-order valence-electron chi connectivity index (χ2n) is 6.89. The molecule has 0 bridgehead atoms. The van der Waals surface area contributed by atoms with Gasteiger partial charge in [0.25, 0.3) is 5.91 Å². The minimum absolute atomic E-state index is 0.0816. The average Bonchev–Trinajstić information content (AvgIpc) is 3.11.